The fraction of sp³-hybridized carbons (Fsp3) is 0.154. The van der Waals surface area contributed by atoms with Crippen LogP contribution in [-0.4, -0.2) is 15.0 Å². The Morgan fingerprint density at radius 1 is 1.32 bits per heavy atom. The van der Waals surface area contributed by atoms with Crippen molar-refractivity contribution in [1.29, 1.82) is 0 Å². The molecular formula is C13H13FN4S. The number of anilines is 1. The van der Waals surface area contributed by atoms with Crippen LogP contribution in [0.15, 0.2) is 36.7 Å². The van der Waals surface area contributed by atoms with Crippen LogP contribution in [0.25, 0.3) is 0 Å². The minimum Gasteiger partial charge on any atom is -0.388 e. The van der Waals surface area contributed by atoms with Crippen molar-refractivity contribution in [1.82, 2.24) is 9.97 Å². The lowest BCUT2D eigenvalue weighted by Crippen LogP contribution is -2.18. The zero-order valence-electron chi connectivity index (χ0n) is 10.3. The molecule has 3 N–H and O–H groups in total. The molecule has 0 aliphatic heterocycles. The van der Waals surface area contributed by atoms with Crippen molar-refractivity contribution < 1.29 is 4.39 Å². The molecule has 2 rings (SSSR count). The van der Waals surface area contributed by atoms with E-state index in [-0.39, 0.29) is 16.8 Å². The van der Waals surface area contributed by atoms with Gasteiger partial charge >= 0.3 is 0 Å². The smallest absolute Gasteiger partial charge is 0.155 e. The van der Waals surface area contributed by atoms with Crippen molar-refractivity contribution in [3.63, 3.8) is 0 Å². The van der Waals surface area contributed by atoms with Crippen LogP contribution in [0, 0.1) is 5.82 Å². The van der Waals surface area contributed by atoms with Gasteiger partial charge in [0.1, 0.15) is 16.5 Å². The highest BCUT2D eigenvalue weighted by Gasteiger charge is 2.14. The van der Waals surface area contributed by atoms with Crippen LogP contribution in [0.5, 0.6) is 0 Å². The lowest BCUT2D eigenvalue weighted by atomic mass is 10.1. The third-order valence-corrected chi connectivity index (χ3v) is 2.85. The molecule has 4 nitrogen and oxygen atoms in total. The maximum atomic E-state index is 13.7. The minimum absolute atomic E-state index is 0.149. The standard InChI is InChI=1S/C13H13FN4S/c1-8(9-4-2-3-5-10(9)14)18-13-11(12(15)19)16-6-7-17-13/h2-8H,1H3,(H2,15,19)(H,17,18). The zero-order valence-corrected chi connectivity index (χ0v) is 11.1. The van der Waals surface area contributed by atoms with Crippen LogP contribution in [-0.2, 0) is 0 Å². The van der Waals surface area contributed by atoms with Gasteiger partial charge in [-0.2, -0.15) is 0 Å². The third-order valence-electron chi connectivity index (χ3n) is 2.66. The fourth-order valence-electron chi connectivity index (χ4n) is 1.73. The van der Waals surface area contributed by atoms with Crippen LogP contribution in [0.2, 0.25) is 0 Å². The molecule has 0 spiro atoms. The minimum atomic E-state index is -0.275. The van der Waals surface area contributed by atoms with E-state index in [4.69, 9.17) is 18.0 Å². The van der Waals surface area contributed by atoms with E-state index in [0.29, 0.717) is 17.1 Å². The molecule has 1 atom stereocenters. The van der Waals surface area contributed by atoms with Crippen LogP contribution in [0.4, 0.5) is 10.2 Å². The Kier molecular flexibility index (Phi) is 4.01. The molecule has 1 aromatic heterocycles. The first-order valence-corrected chi connectivity index (χ1v) is 6.12. The average molecular weight is 276 g/mol. The Balaban J connectivity index is 2.27. The summed E-state index contributed by atoms with van der Waals surface area (Å²) < 4.78 is 13.7. The number of nitrogens with zero attached hydrogens (tertiary/aromatic N) is 2. The monoisotopic (exact) mass is 276 g/mol. The van der Waals surface area contributed by atoms with Gasteiger partial charge in [0.15, 0.2) is 5.82 Å². The number of benzene rings is 1. The van der Waals surface area contributed by atoms with Crippen molar-refractivity contribution in [2.45, 2.75) is 13.0 Å². The summed E-state index contributed by atoms with van der Waals surface area (Å²) in [5.74, 6) is 0.175. The van der Waals surface area contributed by atoms with Crippen LogP contribution in [0.1, 0.15) is 24.2 Å². The first kappa shape index (κ1) is 13.4. The maximum Gasteiger partial charge on any atom is 0.155 e. The summed E-state index contributed by atoms with van der Waals surface area (Å²) in [6.07, 6.45) is 3.03. The van der Waals surface area contributed by atoms with Crippen molar-refractivity contribution >= 4 is 23.0 Å². The first-order chi connectivity index (χ1) is 9.09. The van der Waals surface area contributed by atoms with Gasteiger partial charge in [-0.3, -0.25) is 0 Å². The third kappa shape index (κ3) is 3.03. The van der Waals surface area contributed by atoms with E-state index >= 15 is 0 Å². The van der Waals surface area contributed by atoms with Crippen molar-refractivity contribution in [3.05, 3.63) is 53.7 Å². The molecule has 98 valence electrons. The Bertz CT molecular complexity index is 603. The van der Waals surface area contributed by atoms with Gasteiger partial charge in [0.25, 0.3) is 0 Å². The molecule has 1 heterocycles. The highest BCUT2D eigenvalue weighted by molar-refractivity contribution is 7.80. The topological polar surface area (TPSA) is 63.8 Å². The molecule has 2 aromatic rings. The number of hydrogen-bond donors (Lipinski definition) is 2. The lowest BCUT2D eigenvalue weighted by Gasteiger charge is -2.17. The van der Waals surface area contributed by atoms with E-state index in [1.807, 2.05) is 6.92 Å². The highest BCUT2D eigenvalue weighted by atomic mass is 32.1. The van der Waals surface area contributed by atoms with Gasteiger partial charge in [0.2, 0.25) is 0 Å². The van der Waals surface area contributed by atoms with Gasteiger partial charge in [0.05, 0.1) is 6.04 Å². The number of thiocarbonyl (C=S) groups is 1. The normalized spacial score (nSPS) is 11.9. The van der Waals surface area contributed by atoms with Crippen LogP contribution < -0.4 is 11.1 Å². The predicted octanol–water partition coefficient (Wildman–Crippen LogP) is 2.42. The molecule has 0 saturated heterocycles. The Hall–Kier alpha value is -2.08. The van der Waals surface area contributed by atoms with E-state index in [1.165, 1.54) is 18.5 Å². The summed E-state index contributed by atoms with van der Waals surface area (Å²) >= 11 is 4.91. The predicted molar refractivity (Wildman–Crippen MR) is 76.4 cm³/mol. The van der Waals surface area contributed by atoms with Crippen LogP contribution >= 0.6 is 12.2 Å². The second-order valence-corrected chi connectivity index (χ2v) is 4.45. The van der Waals surface area contributed by atoms with Crippen molar-refractivity contribution in [2.75, 3.05) is 5.32 Å². The summed E-state index contributed by atoms with van der Waals surface area (Å²) in [4.78, 5) is 8.34. The molecule has 0 amide bonds. The summed E-state index contributed by atoms with van der Waals surface area (Å²) in [5.41, 5.74) is 6.52. The number of rotatable bonds is 4. The van der Waals surface area contributed by atoms with E-state index in [2.05, 4.69) is 15.3 Å². The Morgan fingerprint density at radius 3 is 2.68 bits per heavy atom. The van der Waals surface area contributed by atoms with Gasteiger partial charge in [-0.1, -0.05) is 30.4 Å². The number of halogens is 1. The van der Waals surface area contributed by atoms with E-state index < -0.39 is 0 Å². The SMILES string of the molecule is CC(Nc1nccnc1C(N)=S)c1ccccc1F. The number of aromatic nitrogens is 2. The van der Waals surface area contributed by atoms with Crippen molar-refractivity contribution in [3.8, 4) is 0 Å². The second-order valence-electron chi connectivity index (χ2n) is 4.01. The molecule has 1 unspecified atom stereocenters. The summed E-state index contributed by atoms with van der Waals surface area (Å²) in [6.45, 7) is 1.83. The molecule has 19 heavy (non-hydrogen) atoms. The van der Waals surface area contributed by atoms with E-state index in [9.17, 15) is 4.39 Å². The quantitative estimate of drug-likeness (QED) is 0.840. The van der Waals surface area contributed by atoms with Gasteiger partial charge < -0.3 is 11.1 Å². The van der Waals surface area contributed by atoms with E-state index in [0.717, 1.165) is 0 Å². The van der Waals surface area contributed by atoms with Crippen molar-refractivity contribution in [2.24, 2.45) is 5.73 Å². The zero-order chi connectivity index (χ0) is 13.8. The highest BCUT2D eigenvalue weighted by Crippen LogP contribution is 2.21. The molecule has 0 bridgehead atoms. The maximum absolute atomic E-state index is 13.7. The molecule has 0 saturated carbocycles. The summed E-state index contributed by atoms with van der Waals surface area (Å²) in [6, 6.07) is 6.28. The average Bonchev–Trinajstić information content (AvgIpc) is 2.39. The van der Waals surface area contributed by atoms with Gasteiger partial charge in [-0.15, -0.1) is 0 Å². The summed E-state index contributed by atoms with van der Waals surface area (Å²) in [5, 5.41) is 3.07. The largest absolute Gasteiger partial charge is 0.388 e. The molecule has 1 aromatic carbocycles. The summed E-state index contributed by atoms with van der Waals surface area (Å²) in [7, 11) is 0. The first-order valence-electron chi connectivity index (χ1n) is 5.71. The van der Waals surface area contributed by atoms with Crippen LogP contribution in [0.3, 0.4) is 0 Å². The molecule has 0 aliphatic rings. The lowest BCUT2D eigenvalue weighted by molar-refractivity contribution is 0.600. The van der Waals surface area contributed by atoms with Gasteiger partial charge in [-0.25, -0.2) is 14.4 Å². The second kappa shape index (κ2) is 5.71. The fourth-order valence-corrected chi connectivity index (χ4v) is 1.88. The van der Waals surface area contributed by atoms with Gasteiger partial charge in [-0.05, 0) is 13.0 Å². The molecule has 6 heteroatoms. The number of nitrogens with one attached hydrogen (secondary N) is 1. The molecule has 0 aliphatic carbocycles. The van der Waals surface area contributed by atoms with E-state index in [1.54, 1.807) is 18.2 Å². The number of nitrogens with two attached hydrogens (primary N) is 1. The van der Waals surface area contributed by atoms with Gasteiger partial charge in [0, 0.05) is 18.0 Å². The number of hydrogen-bond acceptors (Lipinski definition) is 4. The Morgan fingerprint density at radius 2 is 2.00 bits per heavy atom. The molecule has 0 radical (unpaired) electrons. The molecular weight excluding hydrogens is 263 g/mol. The Labute approximate surface area is 115 Å². The molecule has 0 fully saturated rings.